The van der Waals surface area contributed by atoms with Gasteiger partial charge >= 0.3 is 0 Å². The Morgan fingerprint density at radius 3 is 0.857 bits per heavy atom. The molecule has 0 aliphatic rings. The van der Waals surface area contributed by atoms with Crippen LogP contribution in [0.25, 0.3) is 214 Å². The van der Waals surface area contributed by atoms with E-state index >= 15 is 0 Å². The molecule has 0 amide bonds. The Hall–Kier alpha value is -15.4. The minimum absolute atomic E-state index is 0. The molecule has 21 aromatic carbocycles. The summed E-state index contributed by atoms with van der Waals surface area (Å²) in [4.78, 5) is 0. The first-order chi connectivity index (χ1) is 58.0. The van der Waals surface area contributed by atoms with Gasteiger partial charge in [-0.25, -0.2) is 0 Å². The highest BCUT2D eigenvalue weighted by molar-refractivity contribution is 6.26. The molecule has 0 spiro atoms. The predicted octanol–water partition coefficient (Wildman–Crippen LogP) is 32.5. The normalized spacial score (nSPS) is 11.4. The van der Waals surface area contributed by atoms with Gasteiger partial charge in [-0.1, -0.05) is 355 Å². The van der Waals surface area contributed by atoms with E-state index < -0.39 is 0 Å². The van der Waals surface area contributed by atoms with E-state index in [4.69, 9.17) is 0 Å². The fourth-order valence-corrected chi connectivity index (χ4v) is 18.5. The number of aromatic nitrogens is 3. The summed E-state index contributed by atoms with van der Waals surface area (Å²) in [5, 5.41) is 23.2. The fraction of sp³-hybridized carbons (Fsp3) is 0.0172. The third kappa shape index (κ3) is 12.8. The van der Waals surface area contributed by atoms with Crippen LogP contribution in [-0.4, -0.2) is 13.7 Å². The average Bonchev–Trinajstić information content (AvgIpc) is 1.71. The minimum Gasteiger partial charge on any atom is -0.309 e. The Labute approximate surface area is 692 Å². The zero-order chi connectivity index (χ0) is 77.3. The van der Waals surface area contributed by atoms with Crippen molar-refractivity contribution in [3.8, 4) is 83.8 Å². The van der Waals surface area contributed by atoms with E-state index in [9.17, 15) is 0 Å². The Balaban J connectivity index is 0.000000114. The maximum Gasteiger partial charge on any atom is 0.0541 e. The van der Waals surface area contributed by atoms with Gasteiger partial charge in [0.05, 0.1) is 33.1 Å². The summed E-state index contributed by atoms with van der Waals surface area (Å²) in [6.45, 7) is 0. The molecule has 3 nitrogen and oxygen atoms in total. The van der Waals surface area contributed by atoms with Crippen molar-refractivity contribution in [2.45, 2.75) is 14.9 Å². The minimum atomic E-state index is 0. The van der Waals surface area contributed by atoms with E-state index in [2.05, 4.69) is 469 Å². The Kier molecular flexibility index (Phi) is 18.7. The lowest BCUT2D eigenvalue weighted by atomic mass is 9.91. The molecule has 3 aromatic heterocycles. The molecule has 0 saturated carbocycles. The van der Waals surface area contributed by atoms with E-state index in [0.717, 1.165) is 0 Å². The van der Waals surface area contributed by atoms with E-state index in [0.29, 0.717) is 0 Å². The molecule has 562 valence electrons. The highest BCUT2D eigenvalue weighted by Gasteiger charge is 2.20. The van der Waals surface area contributed by atoms with Crippen molar-refractivity contribution in [1.82, 2.24) is 13.7 Å². The smallest absolute Gasteiger partial charge is 0.0541 e. The number of hydrogen-bond donors (Lipinski definition) is 0. The molecule has 0 aliphatic heterocycles. The lowest BCUT2D eigenvalue weighted by Gasteiger charge is -2.13. The standard InChI is InChI=1S/C42H27N.C38H25N.C34H23N.2CH4/c1-2-13-32(14-3-1)43-41-20-9-8-19-38(41)40-27-31(22-24-42(40)43)29-12-10-11-28(25-29)30-21-23-37-35-17-5-4-15-33(35)34-16-6-7-18-36(34)39(37)26-30;1-2-14-30(15-3-1)39-37-20-9-8-19-34(37)36-24-27(21-22-38(36)39)26-12-10-13-28(23-26)35-25-29-11-4-5-16-31(29)32-17-6-7-18-33(32)35;1-2-11-28(12-3-1)35-33-16-7-6-14-31(33)32-23-27(21-22-34(32)35)24-17-19-26(20-18-24)30-15-8-10-25-9-4-5-13-29(25)30;;/h1-27H;1-25H;1-23H;2*1H4. The van der Waals surface area contributed by atoms with Crippen LogP contribution in [0.1, 0.15) is 14.9 Å². The molecule has 3 heteroatoms. The van der Waals surface area contributed by atoms with Gasteiger partial charge in [-0.15, -0.1) is 0 Å². The van der Waals surface area contributed by atoms with E-state index in [1.165, 1.54) is 214 Å². The molecular formula is C116H83N3. The van der Waals surface area contributed by atoms with E-state index in [-0.39, 0.29) is 14.9 Å². The Bertz CT molecular complexity index is 7940. The Morgan fingerprint density at radius 2 is 0.395 bits per heavy atom. The number of benzene rings is 21. The summed E-state index contributed by atoms with van der Waals surface area (Å²) in [5.74, 6) is 0. The van der Waals surface area contributed by atoms with Gasteiger partial charge in [0.2, 0.25) is 0 Å². The van der Waals surface area contributed by atoms with Gasteiger partial charge in [-0.3, -0.25) is 0 Å². The summed E-state index contributed by atoms with van der Waals surface area (Å²) < 4.78 is 7.10. The molecular weight excluding hydrogens is 1440 g/mol. The lowest BCUT2D eigenvalue weighted by molar-refractivity contribution is 1.18. The van der Waals surface area contributed by atoms with Crippen LogP contribution in [-0.2, 0) is 0 Å². The first kappa shape index (κ1) is 72.5. The van der Waals surface area contributed by atoms with E-state index in [1.54, 1.807) is 0 Å². The molecule has 24 aromatic rings. The molecule has 0 radical (unpaired) electrons. The average molecular weight is 1520 g/mol. The summed E-state index contributed by atoms with van der Waals surface area (Å²) in [5.41, 5.74) is 25.8. The third-order valence-electron chi connectivity index (χ3n) is 23.9. The lowest BCUT2D eigenvalue weighted by Crippen LogP contribution is -1.92. The van der Waals surface area contributed by atoms with Crippen molar-refractivity contribution >= 4 is 130 Å². The van der Waals surface area contributed by atoms with Crippen LogP contribution in [0.15, 0.2) is 455 Å². The number of nitrogens with zero attached hydrogens (tertiary/aromatic N) is 3. The molecule has 3 heterocycles. The molecule has 0 bridgehead atoms. The van der Waals surface area contributed by atoms with Gasteiger partial charge in [-0.05, 0) is 247 Å². The van der Waals surface area contributed by atoms with Crippen molar-refractivity contribution in [2.75, 3.05) is 0 Å². The SMILES string of the molecule is C.C.c1ccc(-n2c3ccccc3c3cc(-c4ccc(-c5cccc6ccccc56)cc4)ccc32)cc1.c1ccc(-n2c3ccccc3c3cc(-c4cccc(-c5cc6ccccc6c6ccccc56)c4)ccc32)cc1.c1ccc(-n2c3ccccc3c3cc(-c4cccc(-c5ccc6c7ccccc7c7ccccc7c6c5)c4)ccc32)cc1. The van der Waals surface area contributed by atoms with Gasteiger partial charge in [0.1, 0.15) is 0 Å². The van der Waals surface area contributed by atoms with Crippen molar-refractivity contribution in [3.63, 3.8) is 0 Å². The van der Waals surface area contributed by atoms with Crippen molar-refractivity contribution < 1.29 is 0 Å². The maximum atomic E-state index is 2.37. The number of para-hydroxylation sites is 6. The molecule has 0 atom stereocenters. The van der Waals surface area contributed by atoms with Gasteiger partial charge in [0, 0.05) is 49.4 Å². The van der Waals surface area contributed by atoms with Gasteiger partial charge in [0.15, 0.2) is 0 Å². The topological polar surface area (TPSA) is 14.8 Å². The largest absolute Gasteiger partial charge is 0.309 e. The van der Waals surface area contributed by atoms with Gasteiger partial charge in [-0.2, -0.15) is 0 Å². The quantitative estimate of drug-likeness (QED) is 0.128. The third-order valence-corrected chi connectivity index (χ3v) is 23.9. The molecule has 119 heavy (non-hydrogen) atoms. The first-order valence-corrected chi connectivity index (χ1v) is 40.4. The maximum absolute atomic E-state index is 2.37. The summed E-state index contributed by atoms with van der Waals surface area (Å²) in [6.07, 6.45) is 0. The van der Waals surface area contributed by atoms with Crippen molar-refractivity contribution in [2.24, 2.45) is 0 Å². The van der Waals surface area contributed by atoms with Gasteiger partial charge < -0.3 is 13.7 Å². The molecule has 0 unspecified atom stereocenters. The fourth-order valence-electron chi connectivity index (χ4n) is 18.5. The number of rotatable bonds is 9. The highest BCUT2D eigenvalue weighted by atomic mass is 15.0. The zero-order valence-electron chi connectivity index (χ0n) is 64.1. The second-order valence-electron chi connectivity index (χ2n) is 30.6. The zero-order valence-corrected chi connectivity index (χ0v) is 64.1. The number of hydrogen-bond acceptors (Lipinski definition) is 0. The van der Waals surface area contributed by atoms with Crippen LogP contribution in [0.2, 0.25) is 0 Å². The van der Waals surface area contributed by atoms with Crippen LogP contribution in [0, 0.1) is 0 Å². The predicted molar refractivity (Wildman–Crippen MR) is 513 cm³/mol. The Morgan fingerprint density at radius 1 is 0.118 bits per heavy atom. The molecule has 0 saturated heterocycles. The highest BCUT2D eigenvalue weighted by Crippen LogP contribution is 2.44. The summed E-state index contributed by atoms with van der Waals surface area (Å²) in [7, 11) is 0. The molecule has 0 fully saturated rings. The van der Waals surface area contributed by atoms with Crippen LogP contribution in [0.4, 0.5) is 0 Å². The van der Waals surface area contributed by atoms with Crippen molar-refractivity contribution in [3.05, 3.63) is 455 Å². The van der Waals surface area contributed by atoms with Crippen LogP contribution >= 0.6 is 0 Å². The summed E-state index contributed by atoms with van der Waals surface area (Å²) >= 11 is 0. The second-order valence-corrected chi connectivity index (χ2v) is 30.6. The van der Waals surface area contributed by atoms with Crippen LogP contribution in [0.3, 0.4) is 0 Å². The number of fused-ring (bicyclic) bond motifs is 19. The van der Waals surface area contributed by atoms with E-state index in [1.807, 2.05) is 0 Å². The monoisotopic (exact) mass is 1520 g/mol. The van der Waals surface area contributed by atoms with Crippen LogP contribution < -0.4 is 0 Å². The van der Waals surface area contributed by atoms with Crippen LogP contribution in [0.5, 0.6) is 0 Å². The molecule has 0 N–H and O–H groups in total. The second kappa shape index (κ2) is 30.7. The van der Waals surface area contributed by atoms with Crippen molar-refractivity contribution in [1.29, 1.82) is 0 Å². The molecule has 0 aliphatic carbocycles. The first-order valence-electron chi connectivity index (χ1n) is 40.4. The van der Waals surface area contributed by atoms with Gasteiger partial charge in [0.25, 0.3) is 0 Å². The molecule has 24 rings (SSSR count). The summed E-state index contributed by atoms with van der Waals surface area (Å²) in [6, 6.07) is 165.